The number of aryl methyl sites for hydroxylation is 1. The van der Waals surface area contributed by atoms with Gasteiger partial charge in [0, 0.05) is 18.7 Å². The molecule has 2 amide bonds. The summed E-state index contributed by atoms with van der Waals surface area (Å²) < 4.78 is 5.65. The Morgan fingerprint density at radius 1 is 1.22 bits per heavy atom. The Kier molecular flexibility index (Phi) is 5.87. The van der Waals surface area contributed by atoms with Crippen LogP contribution in [0, 0.1) is 0 Å². The minimum Gasteiger partial charge on any atom is -0.508 e. The zero-order valence-corrected chi connectivity index (χ0v) is 15.5. The number of furan rings is 1. The maximum Gasteiger partial charge on any atom is 0.226 e. The molecule has 0 saturated heterocycles. The van der Waals surface area contributed by atoms with Crippen molar-refractivity contribution in [1.29, 1.82) is 0 Å². The number of carbonyl (C=O) groups excluding carboxylic acids is 2. The summed E-state index contributed by atoms with van der Waals surface area (Å²) in [4.78, 5) is 27.4. The first-order valence-corrected chi connectivity index (χ1v) is 9.25. The number of phenolic OH excluding ortho intramolecular Hbond substituents is 1. The highest BCUT2D eigenvalue weighted by Crippen LogP contribution is 2.27. The molecule has 0 saturated carbocycles. The lowest BCUT2D eigenvalue weighted by atomic mass is 10.1. The van der Waals surface area contributed by atoms with E-state index in [1.54, 1.807) is 35.7 Å². The van der Waals surface area contributed by atoms with E-state index in [0.717, 1.165) is 5.56 Å². The summed E-state index contributed by atoms with van der Waals surface area (Å²) in [7, 11) is 0. The summed E-state index contributed by atoms with van der Waals surface area (Å²) in [5.41, 5.74) is 1.35. The number of anilines is 1. The normalized spacial score (nSPS) is 10.6. The van der Waals surface area contributed by atoms with Gasteiger partial charge in [-0.15, -0.1) is 11.3 Å². The fourth-order valence-corrected chi connectivity index (χ4v) is 3.13. The lowest BCUT2D eigenvalue weighted by Crippen LogP contribution is -2.18. The van der Waals surface area contributed by atoms with E-state index < -0.39 is 0 Å². The molecule has 0 fully saturated rings. The maximum atomic E-state index is 12.1. The van der Waals surface area contributed by atoms with Gasteiger partial charge in [0.05, 0.1) is 6.54 Å². The molecule has 140 valence electrons. The molecule has 0 unspecified atom stereocenters. The molecule has 27 heavy (non-hydrogen) atoms. The van der Waals surface area contributed by atoms with Crippen LogP contribution in [0.25, 0.3) is 11.5 Å². The van der Waals surface area contributed by atoms with Crippen molar-refractivity contribution in [3.05, 3.63) is 53.1 Å². The number of nitrogens with zero attached hydrogens (tertiary/aromatic N) is 1. The van der Waals surface area contributed by atoms with Gasteiger partial charge in [-0.05, 0) is 30.2 Å². The number of hydrogen-bond acceptors (Lipinski definition) is 6. The second kappa shape index (κ2) is 8.50. The van der Waals surface area contributed by atoms with E-state index in [-0.39, 0.29) is 24.0 Å². The molecule has 0 bridgehead atoms. The molecule has 1 aromatic carbocycles. The van der Waals surface area contributed by atoms with Gasteiger partial charge in [0.1, 0.15) is 17.2 Å². The maximum absolute atomic E-state index is 12.1. The van der Waals surface area contributed by atoms with E-state index >= 15 is 0 Å². The number of nitrogens with one attached hydrogen (secondary N) is 2. The standard InChI is InChI=1S/C19H19N3O4S/c1-12(23)20-10-14-7-8-17(26-14)15-11-27-19(21-15)22-18(25)9-6-13-4-2-3-5-16(13)24/h2-5,7-8,11,24H,6,9-10H2,1H3,(H,20,23)(H,21,22,25). The van der Waals surface area contributed by atoms with Gasteiger partial charge in [0.15, 0.2) is 10.9 Å². The molecule has 0 aliphatic rings. The van der Waals surface area contributed by atoms with Crippen LogP contribution in [0.5, 0.6) is 5.75 Å². The lowest BCUT2D eigenvalue weighted by molar-refractivity contribution is -0.119. The molecule has 8 heteroatoms. The van der Waals surface area contributed by atoms with Crippen LogP contribution in [0.15, 0.2) is 46.2 Å². The van der Waals surface area contributed by atoms with Crippen molar-refractivity contribution in [3.63, 3.8) is 0 Å². The molecule has 0 spiro atoms. The molecule has 0 aliphatic carbocycles. The average molecular weight is 385 g/mol. The van der Waals surface area contributed by atoms with E-state index in [2.05, 4.69) is 15.6 Å². The fraction of sp³-hybridized carbons (Fsp3) is 0.211. The Hall–Kier alpha value is -3.13. The van der Waals surface area contributed by atoms with Gasteiger partial charge in [0.25, 0.3) is 0 Å². The van der Waals surface area contributed by atoms with Crippen LogP contribution in [0.4, 0.5) is 5.13 Å². The summed E-state index contributed by atoms with van der Waals surface area (Å²) >= 11 is 1.30. The second-order valence-electron chi connectivity index (χ2n) is 5.89. The first-order valence-electron chi connectivity index (χ1n) is 8.37. The van der Waals surface area contributed by atoms with E-state index in [9.17, 15) is 14.7 Å². The van der Waals surface area contributed by atoms with Crippen LogP contribution in [0.3, 0.4) is 0 Å². The smallest absolute Gasteiger partial charge is 0.226 e. The first-order chi connectivity index (χ1) is 13.0. The van der Waals surface area contributed by atoms with Crippen LogP contribution >= 0.6 is 11.3 Å². The fourth-order valence-electron chi connectivity index (χ4n) is 2.42. The number of rotatable bonds is 7. The zero-order valence-electron chi connectivity index (χ0n) is 14.7. The molecule has 7 nitrogen and oxygen atoms in total. The second-order valence-corrected chi connectivity index (χ2v) is 6.75. The van der Waals surface area contributed by atoms with Crippen LogP contribution < -0.4 is 10.6 Å². The largest absolute Gasteiger partial charge is 0.508 e. The van der Waals surface area contributed by atoms with Gasteiger partial charge in [-0.2, -0.15) is 0 Å². The van der Waals surface area contributed by atoms with Gasteiger partial charge in [-0.3, -0.25) is 9.59 Å². The molecule has 0 atom stereocenters. The minimum atomic E-state index is -0.176. The van der Waals surface area contributed by atoms with E-state index in [4.69, 9.17) is 4.42 Å². The van der Waals surface area contributed by atoms with Crippen LogP contribution in [-0.2, 0) is 22.6 Å². The molecule has 3 rings (SSSR count). The van der Waals surface area contributed by atoms with Gasteiger partial charge < -0.3 is 20.2 Å². The summed E-state index contributed by atoms with van der Waals surface area (Å²) in [6, 6.07) is 10.5. The molecule has 2 aromatic heterocycles. The summed E-state index contributed by atoms with van der Waals surface area (Å²) in [6.45, 7) is 1.76. The summed E-state index contributed by atoms with van der Waals surface area (Å²) in [5.74, 6) is 1.08. The molecule has 3 N–H and O–H groups in total. The van der Waals surface area contributed by atoms with Crippen LogP contribution in [-0.4, -0.2) is 21.9 Å². The molecular formula is C19H19N3O4S. The molecule has 0 radical (unpaired) electrons. The number of para-hydroxylation sites is 1. The van der Waals surface area contributed by atoms with Crippen molar-refractivity contribution in [1.82, 2.24) is 10.3 Å². The number of aromatic nitrogens is 1. The summed E-state index contributed by atoms with van der Waals surface area (Å²) in [5, 5.41) is 17.4. The predicted molar refractivity (Wildman–Crippen MR) is 102 cm³/mol. The quantitative estimate of drug-likeness (QED) is 0.579. The number of carbonyl (C=O) groups is 2. The van der Waals surface area contributed by atoms with Gasteiger partial charge in [-0.1, -0.05) is 18.2 Å². The van der Waals surface area contributed by atoms with Crippen molar-refractivity contribution in [2.24, 2.45) is 0 Å². The third kappa shape index (κ3) is 5.18. The number of aromatic hydroxyl groups is 1. The van der Waals surface area contributed by atoms with Gasteiger partial charge in [-0.25, -0.2) is 4.98 Å². The highest BCUT2D eigenvalue weighted by molar-refractivity contribution is 7.14. The van der Waals surface area contributed by atoms with E-state index in [0.29, 0.717) is 35.3 Å². The van der Waals surface area contributed by atoms with Crippen LogP contribution in [0.2, 0.25) is 0 Å². The number of phenols is 1. The molecule has 0 aliphatic heterocycles. The number of hydrogen-bond donors (Lipinski definition) is 3. The van der Waals surface area contributed by atoms with Crippen molar-refractivity contribution in [2.75, 3.05) is 5.32 Å². The minimum absolute atomic E-state index is 0.129. The Morgan fingerprint density at radius 2 is 2.04 bits per heavy atom. The van der Waals surface area contributed by atoms with Crippen molar-refractivity contribution in [2.45, 2.75) is 26.3 Å². The molecule has 3 aromatic rings. The number of amides is 2. The van der Waals surface area contributed by atoms with Crippen molar-refractivity contribution in [3.8, 4) is 17.2 Å². The summed E-state index contributed by atoms with van der Waals surface area (Å²) in [6.07, 6.45) is 0.690. The van der Waals surface area contributed by atoms with Gasteiger partial charge in [0.2, 0.25) is 11.8 Å². The SMILES string of the molecule is CC(=O)NCc1ccc(-c2csc(NC(=O)CCc3ccccc3O)n2)o1. The highest BCUT2D eigenvalue weighted by Gasteiger charge is 2.12. The topological polar surface area (TPSA) is 104 Å². The monoisotopic (exact) mass is 385 g/mol. The third-order valence-electron chi connectivity index (χ3n) is 3.79. The van der Waals surface area contributed by atoms with E-state index in [1.165, 1.54) is 18.3 Å². The lowest BCUT2D eigenvalue weighted by Gasteiger charge is -2.04. The Balaban J connectivity index is 1.55. The third-order valence-corrected chi connectivity index (χ3v) is 4.55. The Morgan fingerprint density at radius 3 is 2.81 bits per heavy atom. The van der Waals surface area contributed by atoms with Crippen molar-refractivity contribution < 1.29 is 19.1 Å². The first kappa shape index (κ1) is 18.7. The van der Waals surface area contributed by atoms with E-state index in [1.807, 2.05) is 6.07 Å². The van der Waals surface area contributed by atoms with Gasteiger partial charge >= 0.3 is 0 Å². The average Bonchev–Trinajstić information content (AvgIpc) is 3.28. The Labute approximate surface area is 160 Å². The Bertz CT molecular complexity index is 948. The number of benzene rings is 1. The number of thiazole rings is 1. The van der Waals surface area contributed by atoms with Crippen LogP contribution in [0.1, 0.15) is 24.7 Å². The highest BCUT2D eigenvalue weighted by atomic mass is 32.1. The zero-order chi connectivity index (χ0) is 19.2. The predicted octanol–water partition coefficient (Wildman–Crippen LogP) is 3.32. The molecule has 2 heterocycles. The van der Waals surface area contributed by atoms with Crippen molar-refractivity contribution >= 4 is 28.3 Å². The molecular weight excluding hydrogens is 366 g/mol.